The molecule has 0 radical (unpaired) electrons. The van der Waals surface area contributed by atoms with Crippen molar-refractivity contribution in [2.45, 2.75) is 33.1 Å². The maximum atomic E-state index is 12.6. The van der Waals surface area contributed by atoms with Crippen molar-refractivity contribution in [3.63, 3.8) is 0 Å². The summed E-state index contributed by atoms with van der Waals surface area (Å²) in [4.78, 5) is 23.4. The molecule has 3 aromatic carbocycles. The lowest BCUT2D eigenvalue weighted by molar-refractivity contribution is -0.274. The van der Waals surface area contributed by atoms with Gasteiger partial charge >= 0.3 is 12.4 Å². The summed E-state index contributed by atoms with van der Waals surface area (Å²) in [5.41, 5.74) is 5.60. The van der Waals surface area contributed by atoms with Crippen LogP contribution < -0.4 is 15.0 Å². The molecule has 1 fully saturated rings. The molecule has 0 aliphatic carbocycles. The van der Waals surface area contributed by atoms with Gasteiger partial charge in [0.05, 0.1) is 5.69 Å². The predicted octanol–water partition coefficient (Wildman–Crippen LogP) is 7.55. The molecular weight excluding hydrogens is 577 g/mol. The van der Waals surface area contributed by atoms with Crippen LogP contribution >= 0.6 is 11.8 Å². The molecule has 43 heavy (non-hydrogen) atoms. The second-order valence-corrected chi connectivity index (χ2v) is 11.1. The maximum Gasteiger partial charge on any atom is 0.573 e. The number of aryl methyl sites for hydroxylation is 1. The minimum absolute atomic E-state index is 0.314. The molecule has 1 aliphatic heterocycles. The van der Waals surface area contributed by atoms with E-state index in [0.29, 0.717) is 22.6 Å². The average Bonchev–Trinajstić information content (AvgIpc) is 3.63. The van der Waals surface area contributed by atoms with Crippen LogP contribution in [0.2, 0.25) is 0 Å². The zero-order valence-corrected chi connectivity index (χ0v) is 24.5. The normalized spacial score (nSPS) is 14.7. The third-order valence-corrected chi connectivity index (χ3v) is 7.51. The highest BCUT2D eigenvalue weighted by atomic mass is 32.2. The summed E-state index contributed by atoms with van der Waals surface area (Å²) >= 11 is 1.56. The van der Waals surface area contributed by atoms with Crippen molar-refractivity contribution in [3.8, 4) is 22.8 Å². The van der Waals surface area contributed by atoms with Gasteiger partial charge in [-0.05, 0) is 65.9 Å². The van der Waals surface area contributed by atoms with Crippen LogP contribution in [-0.4, -0.2) is 44.6 Å². The van der Waals surface area contributed by atoms with Gasteiger partial charge in [-0.3, -0.25) is 0 Å². The zero-order valence-electron chi connectivity index (χ0n) is 23.7. The quantitative estimate of drug-likeness (QED) is 0.234. The van der Waals surface area contributed by atoms with Gasteiger partial charge in [-0.2, -0.15) is 4.99 Å². The number of ether oxygens (including phenoxy) is 1. The van der Waals surface area contributed by atoms with Gasteiger partial charge < -0.3 is 15.0 Å². The monoisotopic (exact) mass is 606 g/mol. The number of alkyl halides is 3. The molecule has 1 N–H and O–H groups in total. The molecule has 0 atom stereocenters. The lowest BCUT2D eigenvalue weighted by atomic mass is 9.99. The van der Waals surface area contributed by atoms with E-state index in [9.17, 15) is 18.0 Å². The third-order valence-electron chi connectivity index (χ3n) is 6.55. The topological polar surface area (TPSA) is 84.6 Å². The molecule has 0 saturated carbocycles. The summed E-state index contributed by atoms with van der Waals surface area (Å²) in [6, 6.07) is 18.7. The first kappa shape index (κ1) is 29.9. The SMILES string of the molecule is Cc1ccc(C(C)C)c(N2CCSC2=NC(=O)N/C=C/c2ccc(-c3ncn(-c4ccc(OC(F)(F)F)cc4)n3)cc2)c1. The van der Waals surface area contributed by atoms with Crippen LogP contribution in [0.3, 0.4) is 0 Å². The first-order valence-electron chi connectivity index (χ1n) is 13.5. The Morgan fingerprint density at radius 3 is 2.53 bits per heavy atom. The molecule has 1 aliphatic rings. The van der Waals surface area contributed by atoms with Crippen molar-refractivity contribution >= 4 is 34.7 Å². The number of carbonyl (C=O) groups excluding carboxylic acids is 1. The van der Waals surface area contributed by atoms with Crippen molar-refractivity contribution < 1.29 is 22.7 Å². The number of amidine groups is 1. The lowest BCUT2D eigenvalue weighted by Crippen LogP contribution is -2.27. The van der Waals surface area contributed by atoms with Gasteiger partial charge in [-0.1, -0.05) is 62.0 Å². The molecule has 2 heterocycles. The molecule has 2 amide bonds. The van der Waals surface area contributed by atoms with Crippen LogP contribution in [0.1, 0.15) is 36.5 Å². The maximum absolute atomic E-state index is 12.6. The Labute approximate surface area is 251 Å². The fourth-order valence-electron chi connectivity index (χ4n) is 4.49. The van der Waals surface area contributed by atoms with E-state index in [1.54, 1.807) is 24.0 Å². The predicted molar refractivity (Wildman–Crippen MR) is 164 cm³/mol. The number of halogens is 3. The molecule has 222 valence electrons. The molecule has 1 saturated heterocycles. The number of benzene rings is 3. The van der Waals surface area contributed by atoms with Gasteiger partial charge in [-0.15, -0.1) is 18.3 Å². The number of nitrogens with zero attached hydrogens (tertiary/aromatic N) is 5. The molecule has 1 aromatic heterocycles. The second kappa shape index (κ2) is 12.7. The molecule has 0 unspecified atom stereocenters. The summed E-state index contributed by atoms with van der Waals surface area (Å²) < 4.78 is 42.5. The summed E-state index contributed by atoms with van der Waals surface area (Å²) in [7, 11) is 0. The minimum atomic E-state index is -4.75. The fourth-order valence-corrected chi connectivity index (χ4v) is 5.43. The number of rotatable bonds is 7. The number of hydrogen-bond donors (Lipinski definition) is 1. The van der Waals surface area contributed by atoms with Crippen LogP contribution in [0, 0.1) is 6.92 Å². The Kier molecular flexibility index (Phi) is 8.86. The first-order chi connectivity index (χ1) is 20.6. The van der Waals surface area contributed by atoms with Crippen LogP contribution in [0.25, 0.3) is 23.2 Å². The van der Waals surface area contributed by atoms with Gasteiger partial charge in [0.25, 0.3) is 0 Å². The van der Waals surface area contributed by atoms with Crippen molar-refractivity contribution in [2.24, 2.45) is 4.99 Å². The molecule has 8 nitrogen and oxygen atoms in total. The minimum Gasteiger partial charge on any atom is -0.406 e. The van der Waals surface area contributed by atoms with E-state index in [1.165, 1.54) is 40.8 Å². The van der Waals surface area contributed by atoms with E-state index >= 15 is 0 Å². The van der Waals surface area contributed by atoms with E-state index in [-0.39, 0.29) is 5.75 Å². The number of nitrogens with one attached hydrogen (secondary N) is 1. The Hall–Kier alpha value is -4.58. The third kappa shape index (κ3) is 7.63. The highest BCUT2D eigenvalue weighted by molar-refractivity contribution is 8.14. The van der Waals surface area contributed by atoms with Gasteiger partial charge in [0.2, 0.25) is 0 Å². The molecule has 0 bridgehead atoms. The summed E-state index contributed by atoms with van der Waals surface area (Å²) in [5, 5.41) is 7.81. The fraction of sp³-hybridized carbons (Fsp3) is 0.226. The molecule has 4 aromatic rings. The Morgan fingerprint density at radius 1 is 1.09 bits per heavy atom. The Morgan fingerprint density at radius 2 is 1.84 bits per heavy atom. The summed E-state index contributed by atoms with van der Waals surface area (Å²) in [5.74, 6) is 1.34. The van der Waals surface area contributed by atoms with Crippen LogP contribution in [0.5, 0.6) is 5.75 Å². The standard InChI is InChI=1S/C31H29F3N6O2S/c1-20(2)26-13-4-21(3)18-27(26)39-16-17-43-30(39)37-29(41)35-15-14-22-5-7-23(8-6-22)28-36-19-40(38-28)24-9-11-25(12-10-24)42-31(32,33)34/h4-15,18-20H,16-17H2,1-3H3,(H,35,41)/b15-14+,37-30?. The van der Waals surface area contributed by atoms with Crippen LogP contribution in [0.4, 0.5) is 23.7 Å². The van der Waals surface area contributed by atoms with Gasteiger partial charge in [0.1, 0.15) is 12.1 Å². The smallest absolute Gasteiger partial charge is 0.406 e. The van der Waals surface area contributed by atoms with Crippen LogP contribution in [-0.2, 0) is 0 Å². The first-order valence-corrected chi connectivity index (χ1v) is 14.5. The Balaban J connectivity index is 1.20. The van der Waals surface area contributed by atoms with Crippen molar-refractivity contribution in [3.05, 3.63) is 95.9 Å². The molecule has 12 heteroatoms. The number of aliphatic imine (C=N–C) groups is 1. The second-order valence-electron chi connectivity index (χ2n) is 10.1. The number of carbonyl (C=O) groups is 1. The van der Waals surface area contributed by atoms with E-state index in [2.05, 4.69) is 69.0 Å². The van der Waals surface area contributed by atoms with E-state index in [0.717, 1.165) is 34.7 Å². The molecular formula is C31H29F3N6O2S. The van der Waals surface area contributed by atoms with E-state index in [1.807, 2.05) is 24.3 Å². The van der Waals surface area contributed by atoms with E-state index in [4.69, 9.17) is 0 Å². The van der Waals surface area contributed by atoms with Crippen molar-refractivity contribution in [1.29, 1.82) is 0 Å². The van der Waals surface area contributed by atoms with Gasteiger partial charge in [0.15, 0.2) is 11.0 Å². The van der Waals surface area contributed by atoms with Crippen molar-refractivity contribution in [2.75, 3.05) is 17.2 Å². The zero-order chi connectivity index (χ0) is 30.6. The number of aromatic nitrogens is 3. The van der Waals surface area contributed by atoms with E-state index < -0.39 is 12.4 Å². The van der Waals surface area contributed by atoms with Gasteiger partial charge in [0, 0.05) is 29.7 Å². The Bertz CT molecular complexity index is 1650. The highest BCUT2D eigenvalue weighted by Crippen LogP contribution is 2.33. The number of hydrogen-bond acceptors (Lipinski definition) is 5. The summed E-state index contributed by atoms with van der Waals surface area (Å²) in [6.07, 6.45) is 0.0396. The van der Waals surface area contributed by atoms with Crippen molar-refractivity contribution in [1.82, 2.24) is 20.1 Å². The number of anilines is 1. The molecule has 0 spiro atoms. The molecule has 5 rings (SSSR count). The number of amides is 2. The largest absolute Gasteiger partial charge is 0.573 e. The highest BCUT2D eigenvalue weighted by Gasteiger charge is 2.31. The summed E-state index contributed by atoms with van der Waals surface area (Å²) in [6.45, 7) is 7.16. The van der Waals surface area contributed by atoms with Crippen LogP contribution in [0.15, 0.2) is 84.2 Å². The lowest BCUT2D eigenvalue weighted by Gasteiger charge is -2.23. The van der Waals surface area contributed by atoms with Gasteiger partial charge in [-0.25, -0.2) is 14.5 Å². The number of urea groups is 1. The number of thioether (sulfide) groups is 1. The average molecular weight is 607 g/mol.